The minimum absolute atomic E-state index is 0.310. The Morgan fingerprint density at radius 3 is 3.28 bits per heavy atom. The number of morpholine rings is 1. The average molecular weight is 264 g/mol. The summed E-state index contributed by atoms with van der Waals surface area (Å²) >= 11 is 1.55. The molecule has 0 bridgehead atoms. The minimum atomic E-state index is -0.461. The molecule has 2 aromatic rings. The van der Waals surface area contributed by atoms with Gasteiger partial charge in [0, 0.05) is 6.54 Å². The predicted octanol–water partition coefficient (Wildman–Crippen LogP) is 0.382. The van der Waals surface area contributed by atoms with Crippen LogP contribution in [0.2, 0.25) is 0 Å². The van der Waals surface area contributed by atoms with Crippen molar-refractivity contribution in [2.75, 3.05) is 24.7 Å². The second kappa shape index (κ2) is 4.51. The van der Waals surface area contributed by atoms with Gasteiger partial charge in [-0.25, -0.2) is 9.97 Å². The molecule has 94 valence electrons. The third-order valence-electron chi connectivity index (χ3n) is 2.97. The Hall–Kier alpha value is -1.73. The van der Waals surface area contributed by atoms with Crippen molar-refractivity contribution in [3.63, 3.8) is 0 Å². The molecular formula is C11H12N4O2S. The Bertz CT molecular complexity index is 585. The van der Waals surface area contributed by atoms with Crippen molar-refractivity contribution in [2.45, 2.75) is 6.04 Å². The van der Waals surface area contributed by atoms with Crippen molar-refractivity contribution in [3.05, 3.63) is 17.8 Å². The van der Waals surface area contributed by atoms with E-state index in [2.05, 4.69) is 9.97 Å². The van der Waals surface area contributed by atoms with Crippen LogP contribution >= 0.6 is 11.3 Å². The number of fused-ring (bicyclic) bond motifs is 1. The molecule has 0 aliphatic carbocycles. The van der Waals surface area contributed by atoms with Crippen LogP contribution in [-0.2, 0) is 9.53 Å². The molecule has 1 saturated heterocycles. The first kappa shape index (κ1) is 11.4. The summed E-state index contributed by atoms with van der Waals surface area (Å²) in [7, 11) is 0. The van der Waals surface area contributed by atoms with Crippen LogP contribution in [0.1, 0.15) is 0 Å². The molecule has 1 atom stereocenters. The molecule has 1 amide bonds. The number of ether oxygens (including phenoxy) is 1. The molecule has 3 heterocycles. The molecule has 6 nitrogen and oxygen atoms in total. The zero-order valence-electron chi connectivity index (χ0n) is 9.57. The van der Waals surface area contributed by atoms with Crippen LogP contribution in [-0.4, -0.2) is 41.7 Å². The fraction of sp³-hybridized carbons (Fsp3) is 0.364. The second-order valence-electron chi connectivity index (χ2n) is 4.02. The number of nitrogens with zero attached hydrogens (tertiary/aromatic N) is 3. The lowest BCUT2D eigenvalue weighted by Crippen LogP contribution is -2.53. The summed E-state index contributed by atoms with van der Waals surface area (Å²) in [6.07, 6.45) is 1.52. The molecule has 7 heteroatoms. The van der Waals surface area contributed by atoms with Crippen molar-refractivity contribution < 1.29 is 9.53 Å². The van der Waals surface area contributed by atoms with Gasteiger partial charge in [0.25, 0.3) is 0 Å². The van der Waals surface area contributed by atoms with E-state index in [0.717, 1.165) is 16.0 Å². The van der Waals surface area contributed by atoms with E-state index in [-0.39, 0.29) is 0 Å². The smallest absolute Gasteiger partial charge is 0.242 e. The monoisotopic (exact) mass is 264 g/mol. The highest BCUT2D eigenvalue weighted by molar-refractivity contribution is 7.16. The van der Waals surface area contributed by atoms with Gasteiger partial charge >= 0.3 is 0 Å². The Labute approximate surface area is 107 Å². The number of aromatic nitrogens is 2. The van der Waals surface area contributed by atoms with Crippen LogP contribution in [0.3, 0.4) is 0 Å². The first-order valence-corrected chi connectivity index (χ1v) is 6.47. The highest BCUT2D eigenvalue weighted by Gasteiger charge is 2.29. The van der Waals surface area contributed by atoms with Gasteiger partial charge in [0.2, 0.25) is 5.91 Å². The second-order valence-corrected chi connectivity index (χ2v) is 4.92. The lowest BCUT2D eigenvalue weighted by Gasteiger charge is -2.34. The maximum absolute atomic E-state index is 11.5. The molecule has 0 radical (unpaired) electrons. The Morgan fingerprint density at radius 2 is 2.44 bits per heavy atom. The van der Waals surface area contributed by atoms with E-state index in [1.807, 2.05) is 16.3 Å². The number of anilines is 1. The highest BCUT2D eigenvalue weighted by atomic mass is 32.1. The summed E-state index contributed by atoms with van der Waals surface area (Å²) < 4.78 is 5.31. The van der Waals surface area contributed by atoms with Crippen molar-refractivity contribution in [2.24, 2.45) is 5.73 Å². The third kappa shape index (κ3) is 1.81. The van der Waals surface area contributed by atoms with Crippen LogP contribution < -0.4 is 10.6 Å². The third-order valence-corrected chi connectivity index (χ3v) is 3.79. The molecule has 1 aliphatic rings. The molecule has 0 aromatic carbocycles. The predicted molar refractivity (Wildman–Crippen MR) is 68.6 cm³/mol. The van der Waals surface area contributed by atoms with Gasteiger partial charge in [0.05, 0.1) is 18.6 Å². The summed E-state index contributed by atoms with van der Waals surface area (Å²) in [5.74, 6) is 0.366. The van der Waals surface area contributed by atoms with Gasteiger partial charge in [-0.3, -0.25) is 4.79 Å². The van der Waals surface area contributed by atoms with Crippen LogP contribution in [0.15, 0.2) is 17.8 Å². The standard InChI is InChI=1S/C11H12N4O2S/c12-9(16)8-5-17-3-2-15(8)10-7-1-4-18-11(7)14-6-13-10/h1,4,6,8H,2-3,5H2,(H2,12,16)/t8-/m0/s1. The molecule has 2 aromatic heterocycles. The van der Waals surface area contributed by atoms with Crippen LogP contribution in [0.5, 0.6) is 0 Å². The quantitative estimate of drug-likeness (QED) is 0.848. The lowest BCUT2D eigenvalue weighted by atomic mass is 10.2. The number of hydrogen-bond acceptors (Lipinski definition) is 6. The van der Waals surface area contributed by atoms with Crippen molar-refractivity contribution >= 4 is 33.3 Å². The van der Waals surface area contributed by atoms with Crippen molar-refractivity contribution in [3.8, 4) is 0 Å². The number of thiophene rings is 1. The van der Waals surface area contributed by atoms with E-state index in [1.165, 1.54) is 6.33 Å². The average Bonchev–Trinajstić information content (AvgIpc) is 2.86. The summed E-state index contributed by atoms with van der Waals surface area (Å²) in [4.78, 5) is 22.8. The number of primary amides is 1. The molecule has 1 fully saturated rings. The first-order chi connectivity index (χ1) is 8.77. The van der Waals surface area contributed by atoms with E-state index in [9.17, 15) is 4.79 Å². The molecule has 3 rings (SSSR count). The van der Waals surface area contributed by atoms with Gasteiger partial charge < -0.3 is 15.4 Å². The topological polar surface area (TPSA) is 81.3 Å². The van der Waals surface area contributed by atoms with Gasteiger partial charge in [0.15, 0.2) is 0 Å². The van der Waals surface area contributed by atoms with Gasteiger partial charge in [-0.1, -0.05) is 0 Å². The van der Waals surface area contributed by atoms with Gasteiger partial charge in [-0.05, 0) is 11.4 Å². The number of amides is 1. The summed E-state index contributed by atoms with van der Waals surface area (Å²) in [6.45, 7) is 1.49. The van der Waals surface area contributed by atoms with Gasteiger partial charge in [-0.15, -0.1) is 11.3 Å². The number of rotatable bonds is 2. The first-order valence-electron chi connectivity index (χ1n) is 5.59. The van der Waals surface area contributed by atoms with Gasteiger partial charge in [0.1, 0.15) is 23.0 Å². The molecular weight excluding hydrogens is 252 g/mol. The number of nitrogens with two attached hydrogens (primary N) is 1. The molecule has 1 aliphatic heterocycles. The lowest BCUT2D eigenvalue weighted by molar-refractivity contribution is -0.121. The summed E-state index contributed by atoms with van der Waals surface area (Å²) in [5, 5.41) is 2.92. The van der Waals surface area contributed by atoms with Crippen LogP contribution in [0.4, 0.5) is 5.82 Å². The molecule has 18 heavy (non-hydrogen) atoms. The fourth-order valence-electron chi connectivity index (χ4n) is 2.10. The largest absolute Gasteiger partial charge is 0.377 e. The van der Waals surface area contributed by atoms with Crippen LogP contribution in [0, 0.1) is 0 Å². The molecule has 2 N–H and O–H groups in total. The minimum Gasteiger partial charge on any atom is -0.377 e. The van der Waals surface area contributed by atoms with E-state index < -0.39 is 11.9 Å². The zero-order valence-corrected chi connectivity index (χ0v) is 10.4. The van der Waals surface area contributed by atoms with Crippen molar-refractivity contribution in [1.29, 1.82) is 0 Å². The molecule has 0 saturated carbocycles. The number of carbonyl (C=O) groups excluding carboxylic acids is 1. The van der Waals surface area contributed by atoms with E-state index in [0.29, 0.717) is 19.8 Å². The highest BCUT2D eigenvalue weighted by Crippen LogP contribution is 2.28. The van der Waals surface area contributed by atoms with Crippen LogP contribution in [0.25, 0.3) is 10.2 Å². The Balaban J connectivity index is 2.06. The maximum atomic E-state index is 11.5. The Morgan fingerprint density at radius 1 is 1.56 bits per heavy atom. The zero-order chi connectivity index (χ0) is 12.5. The fourth-order valence-corrected chi connectivity index (χ4v) is 2.83. The number of carbonyl (C=O) groups is 1. The van der Waals surface area contributed by atoms with E-state index in [4.69, 9.17) is 10.5 Å². The van der Waals surface area contributed by atoms with E-state index in [1.54, 1.807) is 11.3 Å². The van der Waals surface area contributed by atoms with Crippen molar-refractivity contribution in [1.82, 2.24) is 9.97 Å². The Kier molecular flexibility index (Phi) is 2.85. The summed E-state index contributed by atoms with van der Waals surface area (Å²) in [5.41, 5.74) is 5.41. The molecule has 0 spiro atoms. The van der Waals surface area contributed by atoms with E-state index >= 15 is 0 Å². The SMILES string of the molecule is NC(=O)[C@@H]1COCCN1c1ncnc2sccc12. The van der Waals surface area contributed by atoms with Gasteiger partial charge in [-0.2, -0.15) is 0 Å². The molecule has 0 unspecified atom stereocenters. The maximum Gasteiger partial charge on any atom is 0.242 e. The summed E-state index contributed by atoms with van der Waals surface area (Å²) in [6, 6.07) is 1.50. The normalized spacial score (nSPS) is 20.2. The number of hydrogen-bond donors (Lipinski definition) is 1.